The van der Waals surface area contributed by atoms with Crippen molar-refractivity contribution in [1.29, 1.82) is 0 Å². The van der Waals surface area contributed by atoms with Gasteiger partial charge in [-0.1, -0.05) is 92.9 Å². The number of carbonyl (C=O) groups is 2. The van der Waals surface area contributed by atoms with Gasteiger partial charge in [0.15, 0.2) is 6.29 Å². The number of ether oxygens (including phenoxy) is 2. The van der Waals surface area contributed by atoms with E-state index in [-0.39, 0.29) is 43.5 Å². The van der Waals surface area contributed by atoms with E-state index in [1.54, 1.807) is 0 Å². The SMILES string of the molecule is CC1C(CN2CCCCCCC2)OC(c2ccc(-c3cccc(CNC(=O)CCC(=O)O)c3)cc2)OC1c1ccc(CO)cc1. The van der Waals surface area contributed by atoms with Crippen LogP contribution >= 0.6 is 0 Å². The van der Waals surface area contributed by atoms with Crippen molar-refractivity contribution < 1.29 is 29.3 Å². The Hall–Kier alpha value is -3.56. The zero-order valence-electron chi connectivity index (χ0n) is 26.2. The molecule has 8 heteroatoms. The van der Waals surface area contributed by atoms with Crippen LogP contribution in [0.2, 0.25) is 0 Å². The number of benzene rings is 3. The highest BCUT2D eigenvalue weighted by atomic mass is 16.7. The summed E-state index contributed by atoms with van der Waals surface area (Å²) in [6.45, 7) is 5.67. The third-order valence-corrected chi connectivity index (χ3v) is 9.01. The van der Waals surface area contributed by atoms with E-state index < -0.39 is 12.3 Å². The normalized spacial score (nSPS) is 22.7. The molecule has 3 aromatic rings. The molecule has 0 bridgehead atoms. The maximum atomic E-state index is 12.0. The topological polar surface area (TPSA) is 108 Å². The van der Waals surface area contributed by atoms with Crippen LogP contribution in [-0.2, 0) is 32.2 Å². The summed E-state index contributed by atoms with van der Waals surface area (Å²) in [5.74, 6) is -1.11. The molecule has 0 radical (unpaired) electrons. The van der Waals surface area contributed by atoms with Crippen molar-refractivity contribution in [2.75, 3.05) is 19.6 Å². The highest BCUT2D eigenvalue weighted by Gasteiger charge is 2.39. The molecule has 0 spiro atoms. The lowest BCUT2D eigenvalue weighted by Crippen LogP contribution is -2.45. The molecule has 0 aromatic heterocycles. The van der Waals surface area contributed by atoms with Crippen LogP contribution < -0.4 is 5.32 Å². The number of hydrogen-bond donors (Lipinski definition) is 3. The number of carbonyl (C=O) groups excluding carboxylic acids is 1. The predicted octanol–water partition coefficient (Wildman–Crippen LogP) is 6.38. The van der Waals surface area contributed by atoms with Crippen molar-refractivity contribution in [3.8, 4) is 11.1 Å². The quantitative estimate of drug-likeness (QED) is 0.230. The fourth-order valence-electron chi connectivity index (χ4n) is 6.28. The van der Waals surface area contributed by atoms with Crippen LogP contribution in [0.1, 0.15) is 86.5 Å². The maximum Gasteiger partial charge on any atom is 0.303 e. The Kier molecular flexibility index (Phi) is 11.8. The van der Waals surface area contributed by atoms with Gasteiger partial charge in [0.25, 0.3) is 0 Å². The molecule has 3 N–H and O–H groups in total. The van der Waals surface area contributed by atoms with Gasteiger partial charge in [0.05, 0.1) is 25.2 Å². The number of amides is 1. The number of aliphatic hydroxyl groups is 1. The van der Waals surface area contributed by atoms with Gasteiger partial charge in [0.2, 0.25) is 5.91 Å². The van der Waals surface area contributed by atoms with Crippen molar-refractivity contribution in [2.45, 2.75) is 83.5 Å². The number of hydrogen-bond acceptors (Lipinski definition) is 6. The third kappa shape index (κ3) is 9.23. The lowest BCUT2D eigenvalue weighted by molar-refractivity contribution is -0.276. The number of nitrogens with one attached hydrogen (secondary N) is 1. The minimum Gasteiger partial charge on any atom is -0.481 e. The van der Waals surface area contributed by atoms with Gasteiger partial charge >= 0.3 is 5.97 Å². The van der Waals surface area contributed by atoms with E-state index in [2.05, 4.69) is 53.5 Å². The fraction of sp³-hybridized carbons (Fsp3) is 0.459. The second-order valence-electron chi connectivity index (χ2n) is 12.4. The Balaban J connectivity index is 1.31. The summed E-state index contributed by atoms with van der Waals surface area (Å²) >= 11 is 0. The number of nitrogens with zero attached hydrogens (tertiary/aromatic N) is 1. The van der Waals surface area contributed by atoms with Gasteiger partial charge in [-0.25, -0.2) is 0 Å². The number of aliphatic hydroxyl groups excluding tert-OH is 1. The molecule has 45 heavy (non-hydrogen) atoms. The first-order chi connectivity index (χ1) is 21.9. The van der Waals surface area contributed by atoms with Crippen LogP contribution in [0.4, 0.5) is 0 Å². The molecule has 5 rings (SSSR count). The van der Waals surface area contributed by atoms with Crippen LogP contribution in [0.5, 0.6) is 0 Å². The largest absolute Gasteiger partial charge is 0.481 e. The fourth-order valence-corrected chi connectivity index (χ4v) is 6.28. The number of carboxylic acids is 1. The molecule has 0 aliphatic carbocycles. The van der Waals surface area contributed by atoms with Crippen molar-refractivity contribution in [2.24, 2.45) is 5.92 Å². The number of likely N-dealkylation sites (tertiary alicyclic amines) is 1. The van der Waals surface area contributed by atoms with E-state index >= 15 is 0 Å². The van der Waals surface area contributed by atoms with E-state index in [0.29, 0.717) is 6.54 Å². The summed E-state index contributed by atoms with van der Waals surface area (Å²) in [6.07, 6.45) is 5.52. The van der Waals surface area contributed by atoms with Crippen molar-refractivity contribution in [3.63, 3.8) is 0 Å². The molecule has 2 saturated heterocycles. The Labute approximate surface area is 266 Å². The van der Waals surface area contributed by atoms with E-state index in [0.717, 1.165) is 53.0 Å². The van der Waals surface area contributed by atoms with Gasteiger partial charge in [0.1, 0.15) is 0 Å². The molecule has 4 unspecified atom stereocenters. The molecule has 4 atom stereocenters. The van der Waals surface area contributed by atoms with E-state index in [1.165, 1.54) is 32.1 Å². The van der Waals surface area contributed by atoms with Gasteiger partial charge in [0, 0.05) is 31.0 Å². The highest BCUT2D eigenvalue weighted by Crippen LogP contribution is 2.42. The number of rotatable bonds is 11. The van der Waals surface area contributed by atoms with Crippen molar-refractivity contribution >= 4 is 11.9 Å². The molecule has 240 valence electrons. The van der Waals surface area contributed by atoms with Gasteiger partial charge < -0.3 is 29.9 Å². The van der Waals surface area contributed by atoms with Gasteiger partial charge in [-0.15, -0.1) is 0 Å². The summed E-state index contributed by atoms with van der Waals surface area (Å²) in [5, 5.41) is 21.2. The monoisotopic (exact) mass is 614 g/mol. The molecular formula is C37H46N2O6. The first-order valence-corrected chi connectivity index (χ1v) is 16.3. The summed E-state index contributed by atoms with van der Waals surface area (Å²) < 4.78 is 13.4. The van der Waals surface area contributed by atoms with Crippen molar-refractivity contribution in [3.05, 3.63) is 95.1 Å². The third-order valence-electron chi connectivity index (χ3n) is 9.01. The van der Waals surface area contributed by atoms with Gasteiger partial charge in [-0.3, -0.25) is 9.59 Å². The highest BCUT2D eigenvalue weighted by molar-refractivity contribution is 5.80. The molecule has 2 heterocycles. The molecule has 3 aromatic carbocycles. The molecule has 1 amide bonds. The van der Waals surface area contributed by atoms with E-state index in [1.807, 2.05) is 36.4 Å². The first-order valence-electron chi connectivity index (χ1n) is 16.3. The Bertz CT molecular complexity index is 1380. The lowest BCUT2D eigenvalue weighted by Gasteiger charge is -2.43. The van der Waals surface area contributed by atoms with Crippen LogP contribution in [0.15, 0.2) is 72.8 Å². The molecule has 0 saturated carbocycles. The lowest BCUT2D eigenvalue weighted by atomic mass is 9.89. The summed E-state index contributed by atoms with van der Waals surface area (Å²) in [7, 11) is 0. The Morgan fingerprint density at radius 3 is 2.20 bits per heavy atom. The molecular weight excluding hydrogens is 568 g/mol. The predicted molar refractivity (Wildman–Crippen MR) is 173 cm³/mol. The smallest absolute Gasteiger partial charge is 0.303 e. The number of carboxylic acid groups (broad SMARTS) is 1. The second-order valence-corrected chi connectivity index (χ2v) is 12.4. The minimum absolute atomic E-state index is 0.00719. The van der Waals surface area contributed by atoms with Gasteiger partial charge in [-0.05, 0) is 59.8 Å². The second kappa shape index (κ2) is 16.1. The van der Waals surface area contributed by atoms with Crippen LogP contribution in [0, 0.1) is 5.92 Å². The maximum absolute atomic E-state index is 12.0. The molecule has 2 aliphatic rings. The summed E-state index contributed by atoms with van der Waals surface area (Å²) in [6, 6.07) is 24.3. The molecule has 2 fully saturated rings. The van der Waals surface area contributed by atoms with Crippen molar-refractivity contribution in [1.82, 2.24) is 10.2 Å². The van der Waals surface area contributed by atoms with Gasteiger partial charge in [-0.2, -0.15) is 0 Å². The average Bonchev–Trinajstić information content (AvgIpc) is 3.05. The van der Waals surface area contributed by atoms with Crippen LogP contribution in [0.3, 0.4) is 0 Å². The van der Waals surface area contributed by atoms with Crippen LogP contribution in [-0.4, -0.2) is 52.7 Å². The standard InChI is InChI=1S/C37H46N2O6/c1-26-33(24-39-20-5-3-2-4-6-21-39)44-37(45-36(26)30-12-10-27(25-40)11-13-30)31-16-14-29(15-17-31)32-9-7-8-28(22-32)23-38-34(41)18-19-35(42)43/h7-17,22,26,33,36-37,40H,2-6,18-21,23-25H2,1H3,(H,38,41)(H,42,43). The van der Waals surface area contributed by atoms with Crippen LogP contribution in [0.25, 0.3) is 11.1 Å². The Morgan fingerprint density at radius 1 is 0.822 bits per heavy atom. The van der Waals surface area contributed by atoms with E-state index in [9.17, 15) is 14.7 Å². The molecule has 2 aliphatic heterocycles. The minimum atomic E-state index is -0.982. The van der Waals surface area contributed by atoms with E-state index in [4.69, 9.17) is 14.6 Å². The number of aliphatic carboxylic acids is 1. The zero-order valence-corrected chi connectivity index (χ0v) is 26.2. The Morgan fingerprint density at radius 2 is 1.51 bits per heavy atom. The average molecular weight is 615 g/mol. The summed E-state index contributed by atoms with van der Waals surface area (Å²) in [5.41, 5.74) is 5.93. The zero-order chi connectivity index (χ0) is 31.6. The molecule has 8 nitrogen and oxygen atoms in total. The summed E-state index contributed by atoms with van der Waals surface area (Å²) in [4.78, 5) is 25.3. The first kappa shape index (κ1) is 32.8.